The molecule has 0 fully saturated rings. The van der Waals surface area contributed by atoms with Crippen LogP contribution in [0.3, 0.4) is 0 Å². The second kappa shape index (κ2) is 10.1. The fourth-order valence-corrected chi connectivity index (χ4v) is 5.01. The topological polar surface area (TPSA) is 107 Å². The van der Waals surface area contributed by atoms with E-state index in [-0.39, 0.29) is 17.4 Å². The molecule has 8 nitrogen and oxygen atoms in total. The van der Waals surface area contributed by atoms with Gasteiger partial charge in [0.25, 0.3) is 15.9 Å². The number of nitrogens with one attached hydrogen (secondary N) is 2. The average Bonchev–Trinajstić information content (AvgIpc) is 3.27. The minimum Gasteiger partial charge on any atom is -0.494 e. The van der Waals surface area contributed by atoms with E-state index in [4.69, 9.17) is 9.47 Å². The molecule has 0 radical (unpaired) electrons. The first-order valence-corrected chi connectivity index (χ1v) is 12.7. The van der Waals surface area contributed by atoms with Crippen LogP contribution in [0.4, 0.5) is 11.4 Å². The van der Waals surface area contributed by atoms with Crippen LogP contribution < -0.4 is 19.5 Å². The maximum absolute atomic E-state index is 12.8. The summed E-state index contributed by atoms with van der Waals surface area (Å²) >= 11 is 1.39. The molecule has 4 aromatic rings. The van der Waals surface area contributed by atoms with Crippen molar-refractivity contribution in [2.45, 2.75) is 18.7 Å². The summed E-state index contributed by atoms with van der Waals surface area (Å²) in [5, 5.41) is 3.74. The van der Waals surface area contributed by atoms with E-state index in [9.17, 15) is 13.2 Å². The Morgan fingerprint density at radius 2 is 1.76 bits per heavy atom. The summed E-state index contributed by atoms with van der Waals surface area (Å²) in [6, 6.07) is 16.7. The monoisotopic (exact) mass is 497 g/mol. The summed E-state index contributed by atoms with van der Waals surface area (Å²) in [6.07, 6.45) is 1.75. The lowest BCUT2D eigenvalue weighted by molar-refractivity contribution is -0.118. The number of aromatic nitrogens is 1. The molecule has 176 valence electrons. The SMILES string of the molecule is CCOc1ccc(NS(=O)(=O)c2ccc(OCC(=O)Nc3ccc4sncc4c3)c(C)c2)cc1. The highest BCUT2D eigenvalue weighted by atomic mass is 32.2. The predicted molar refractivity (Wildman–Crippen MR) is 133 cm³/mol. The van der Waals surface area contributed by atoms with Crippen LogP contribution in [0.1, 0.15) is 12.5 Å². The van der Waals surface area contributed by atoms with Gasteiger partial charge in [-0.05, 0) is 91.6 Å². The van der Waals surface area contributed by atoms with Crippen molar-refractivity contribution < 1.29 is 22.7 Å². The standard InChI is InChI=1S/C24H23N3O5S2/c1-3-31-20-7-4-18(5-8-20)27-34(29,30)21-9-10-22(16(2)12-21)32-15-24(28)26-19-6-11-23-17(13-19)14-25-33-23/h4-14,27H,3,15H2,1-2H3,(H,26,28). The lowest BCUT2D eigenvalue weighted by Crippen LogP contribution is -2.20. The smallest absolute Gasteiger partial charge is 0.262 e. The Morgan fingerprint density at radius 1 is 1.00 bits per heavy atom. The number of anilines is 2. The molecule has 10 heteroatoms. The minimum atomic E-state index is -3.79. The van der Waals surface area contributed by atoms with Gasteiger partial charge in [0.1, 0.15) is 11.5 Å². The van der Waals surface area contributed by atoms with Crippen LogP contribution in [-0.2, 0) is 14.8 Å². The van der Waals surface area contributed by atoms with E-state index in [1.165, 1.54) is 23.7 Å². The summed E-state index contributed by atoms with van der Waals surface area (Å²) in [4.78, 5) is 12.4. The van der Waals surface area contributed by atoms with Gasteiger partial charge in [0, 0.05) is 23.0 Å². The number of hydrogen-bond donors (Lipinski definition) is 2. The van der Waals surface area contributed by atoms with Gasteiger partial charge in [-0.15, -0.1) is 0 Å². The summed E-state index contributed by atoms with van der Waals surface area (Å²) in [6.45, 7) is 3.92. The minimum absolute atomic E-state index is 0.0911. The van der Waals surface area contributed by atoms with Gasteiger partial charge in [0.15, 0.2) is 6.61 Å². The normalized spacial score (nSPS) is 11.2. The third-order valence-electron chi connectivity index (χ3n) is 4.87. The predicted octanol–water partition coefficient (Wildman–Crippen LogP) is 4.82. The van der Waals surface area contributed by atoms with E-state index in [0.29, 0.717) is 35.0 Å². The van der Waals surface area contributed by atoms with Crippen molar-refractivity contribution in [3.63, 3.8) is 0 Å². The van der Waals surface area contributed by atoms with Gasteiger partial charge in [-0.3, -0.25) is 9.52 Å². The second-order valence-electron chi connectivity index (χ2n) is 7.41. The first-order chi connectivity index (χ1) is 16.3. The Bertz CT molecular complexity index is 1420. The van der Waals surface area contributed by atoms with Crippen molar-refractivity contribution in [3.8, 4) is 11.5 Å². The van der Waals surface area contributed by atoms with Gasteiger partial charge < -0.3 is 14.8 Å². The van der Waals surface area contributed by atoms with Gasteiger partial charge in [0.05, 0.1) is 16.2 Å². The van der Waals surface area contributed by atoms with Crippen LogP contribution in [0.25, 0.3) is 10.1 Å². The van der Waals surface area contributed by atoms with Crippen molar-refractivity contribution in [2.75, 3.05) is 23.3 Å². The maximum Gasteiger partial charge on any atom is 0.262 e. The molecule has 34 heavy (non-hydrogen) atoms. The summed E-state index contributed by atoms with van der Waals surface area (Å²) in [5.41, 5.74) is 1.67. The number of sulfonamides is 1. The lowest BCUT2D eigenvalue weighted by Gasteiger charge is -2.13. The van der Waals surface area contributed by atoms with E-state index in [0.717, 1.165) is 10.1 Å². The molecule has 1 amide bonds. The van der Waals surface area contributed by atoms with E-state index in [1.807, 2.05) is 19.1 Å². The molecular formula is C24H23N3O5S2. The largest absolute Gasteiger partial charge is 0.494 e. The Morgan fingerprint density at radius 3 is 2.50 bits per heavy atom. The first-order valence-electron chi connectivity index (χ1n) is 10.5. The van der Waals surface area contributed by atoms with Crippen molar-refractivity contribution in [3.05, 3.63) is 72.4 Å². The maximum atomic E-state index is 12.8. The fourth-order valence-electron chi connectivity index (χ4n) is 3.24. The van der Waals surface area contributed by atoms with E-state index >= 15 is 0 Å². The Kier molecular flexibility index (Phi) is 6.99. The van der Waals surface area contributed by atoms with Crippen LogP contribution in [0.15, 0.2) is 71.8 Å². The number of ether oxygens (including phenoxy) is 2. The van der Waals surface area contributed by atoms with Crippen molar-refractivity contribution in [2.24, 2.45) is 0 Å². The molecule has 2 N–H and O–H groups in total. The molecule has 1 aromatic heterocycles. The van der Waals surface area contributed by atoms with E-state index in [2.05, 4.69) is 14.4 Å². The number of amides is 1. The first kappa shape index (κ1) is 23.5. The van der Waals surface area contributed by atoms with Crippen molar-refractivity contribution in [1.29, 1.82) is 0 Å². The number of rotatable bonds is 9. The zero-order valence-corrected chi connectivity index (χ0v) is 20.2. The number of hydrogen-bond acceptors (Lipinski definition) is 7. The molecule has 3 aromatic carbocycles. The summed E-state index contributed by atoms with van der Waals surface area (Å²) < 4.78 is 44.2. The number of fused-ring (bicyclic) bond motifs is 1. The highest BCUT2D eigenvalue weighted by Gasteiger charge is 2.16. The van der Waals surface area contributed by atoms with E-state index < -0.39 is 10.0 Å². The van der Waals surface area contributed by atoms with Crippen LogP contribution in [0.2, 0.25) is 0 Å². The number of carbonyl (C=O) groups is 1. The third kappa shape index (κ3) is 5.64. The van der Waals surface area contributed by atoms with Gasteiger partial charge in [-0.1, -0.05) is 0 Å². The van der Waals surface area contributed by atoms with Gasteiger partial charge in [-0.25, -0.2) is 8.42 Å². The van der Waals surface area contributed by atoms with Crippen molar-refractivity contribution >= 4 is 48.9 Å². The zero-order chi connectivity index (χ0) is 24.1. The van der Waals surface area contributed by atoms with Gasteiger partial charge >= 0.3 is 0 Å². The molecular weight excluding hydrogens is 474 g/mol. The molecule has 1 heterocycles. The van der Waals surface area contributed by atoms with Crippen molar-refractivity contribution in [1.82, 2.24) is 4.37 Å². The van der Waals surface area contributed by atoms with E-state index in [1.54, 1.807) is 49.5 Å². The highest BCUT2D eigenvalue weighted by Crippen LogP contribution is 2.25. The number of nitrogens with zero attached hydrogens (tertiary/aromatic N) is 1. The summed E-state index contributed by atoms with van der Waals surface area (Å²) in [5.74, 6) is 0.763. The number of carbonyl (C=O) groups excluding carboxylic acids is 1. The number of aryl methyl sites for hydroxylation is 1. The van der Waals surface area contributed by atoms with Crippen LogP contribution in [0, 0.1) is 6.92 Å². The molecule has 0 aliphatic carbocycles. The summed E-state index contributed by atoms with van der Waals surface area (Å²) in [7, 11) is -3.79. The molecule has 0 saturated heterocycles. The second-order valence-corrected chi connectivity index (χ2v) is 9.92. The van der Waals surface area contributed by atoms with Crippen LogP contribution in [-0.4, -0.2) is 31.9 Å². The van der Waals surface area contributed by atoms with Crippen LogP contribution >= 0.6 is 11.5 Å². The Labute approximate surface area is 201 Å². The Hall–Kier alpha value is -3.63. The molecule has 0 atom stereocenters. The average molecular weight is 498 g/mol. The zero-order valence-electron chi connectivity index (χ0n) is 18.6. The molecule has 4 rings (SSSR count). The molecule has 0 bridgehead atoms. The number of benzene rings is 3. The van der Waals surface area contributed by atoms with Gasteiger partial charge in [-0.2, -0.15) is 4.37 Å². The quantitative estimate of drug-likeness (QED) is 0.343. The lowest BCUT2D eigenvalue weighted by atomic mass is 10.2. The van der Waals surface area contributed by atoms with Crippen LogP contribution in [0.5, 0.6) is 11.5 Å². The van der Waals surface area contributed by atoms with Gasteiger partial charge in [0.2, 0.25) is 0 Å². The fraction of sp³-hybridized carbons (Fsp3) is 0.167. The molecule has 0 unspecified atom stereocenters. The third-order valence-corrected chi connectivity index (χ3v) is 7.03. The molecule has 0 saturated carbocycles. The molecule has 0 aliphatic heterocycles. The Balaban J connectivity index is 1.37. The molecule has 0 spiro atoms. The molecule has 0 aliphatic rings. The highest BCUT2D eigenvalue weighted by molar-refractivity contribution is 7.92.